The van der Waals surface area contributed by atoms with E-state index in [1.54, 1.807) is 17.2 Å². The zero-order valence-electron chi connectivity index (χ0n) is 13.7. The fourth-order valence-corrected chi connectivity index (χ4v) is 5.73. The van der Waals surface area contributed by atoms with Crippen molar-refractivity contribution in [3.8, 4) is 0 Å². The number of carbonyl (C=O) groups excluding carboxylic acids is 1. The minimum atomic E-state index is 0.0374. The zero-order chi connectivity index (χ0) is 15.5. The van der Waals surface area contributed by atoms with E-state index in [0.29, 0.717) is 18.4 Å². The highest BCUT2D eigenvalue weighted by atomic mass is 16.3. The Kier molecular flexibility index (Phi) is 3.07. The molecule has 0 saturated heterocycles. The maximum atomic E-state index is 11.7. The average molecular weight is 298 g/mol. The van der Waals surface area contributed by atoms with Crippen molar-refractivity contribution in [3.63, 3.8) is 0 Å². The van der Waals surface area contributed by atoms with Gasteiger partial charge in [-0.15, -0.1) is 0 Å². The van der Waals surface area contributed by atoms with Crippen molar-refractivity contribution in [3.05, 3.63) is 34.9 Å². The lowest BCUT2D eigenvalue weighted by molar-refractivity contribution is -0.110. The molecule has 0 amide bonds. The van der Waals surface area contributed by atoms with Gasteiger partial charge in [-0.3, -0.25) is 4.79 Å². The van der Waals surface area contributed by atoms with Crippen molar-refractivity contribution in [1.29, 1.82) is 0 Å². The first-order valence-corrected chi connectivity index (χ1v) is 8.75. The molecular formula is C20H26O2. The van der Waals surface area contributed by atoms with Gasteiger partial charge in [-0.05, 0) is 62.5 Å². The smallest absolute Gasteiger partial charge is 0.178 e. The Morgan fingerprint density at radius 3 is 2.82 bits per heavy atom. The van der Waals surface area contributed by atoms with E-state index in [9.17, 15) is 9.90 Å². The summed E-state index contributed by atoms with van der Waals surface area (Å²) >= 11 is 0. The van der Waals surface area contributed by atoms with Gasteiger partial charge in [0.15, 0.2) is 5.78 Å². The Morgan fingerprint density at radius 2 is 2.05 bits per heavy atom. The largest absolute Gasteiger partial charge is 0.395 e. The van der Waals surface area contributed by atoms with Crippen molar-refractivity contribution in [2.75, 3.05) is 6.61 Å². The highest BCUT2D eigenvalue weighted by molar-refractivity contribution is 6.01. The van der Waals surface area contributed by atoms with Crippen LogP contribution in [0.3, 0.4) is 0 Å². The SMILES string of the molecule is CC1(CO)CCC2=C1CC[C@H]1[C@H]2CCC2=CC(=O)C=C[C@@]21C. The molecule has 2 heteroatoms. The van der Waals surface area contributed by atoms with Crippen LogP contribution in [0.15, 0.2) is 34.9 Å². The monoisotopic (exact) mass is 298 g/mol. The van der Waals surface area contributed by atoms with E-state index in [1.807, 2.05) is 6.08 Å². The summed E-state index contributed by atoms with van der Waals surface area (Å²) in [5.74, 6) is 1.46. The predicted octanol–water partition coefficient (Wildman–Crippen LogP) is 3.97. The lowest BCUT2D eigenvalue weighted by Gasteiger charge is -2.51. The molecule has 4 aliphatic carbocycles. The van der Waals surface area contributed by atoms with Gasteiger partial charge in [0.2, 0.25) is 0 Å². The zero-order valence-corrected chi connectivity index (χ0v) is 13.7. The minimum Gasteiger partial charge on any atom is -0.395 e. The molecule has 0 bridgehead atoms. The molecule has 0 spiro atoms. The molecule has 0 aromatic heterocycles. The van der Waals surface area contributed by atoms with Gasteiger partial charge in [0.25, 0.3) is 0 Å². The average Bonchev–Trinajstić information content (AvgIpc) is 2.86. The third-order valence-electron chi connectivity index (χ3n) is 7.15. The van der Waals surface area contributed by atoms with Gasteiger partial charge in [-0.2, -0.15) is 0 Å². The molecule has 118 valence electrons. The minimum absolute atomic E-state index is 0.0374. The fourth-order valence-electron chi connectivity index (χ4n) is 5.73. The number of carbonyl (C=O) groups is 1. The molecule has 2 nitrogen and oxygen atoms in total. The van der Waals surface area contributed by atoms with Crippen LogP contribution in [0.5, 0.6) is 0 Å². The summed E-state index contributed by atoms with van der Waals surface area (Å²) in [6.07, 6.45) is 12.7. The van der Waals surface area contributed by atoms with E-state index in [2.05, 4.69) is 19.9 Å². The van der Waals surface area contributed by atoms with Crippen LogP contribution in [0.4, 0.5) is 0 Å². The Morgan fingerprint density at radius 1 is 1.23 bits per heavy atom. The maximum Gasteiger partial charge on any atom is 0.178 e. The molecule has 1 unspecified atom stereocenters. The second kappa shape index (κ2) is 4.67. The highest BCUT2D eigenvalue weighted by Crippen LogP contribution is 2.61. The molecule has 0 aromatic carbocycles. The molecule has 0 aliphatic heterocycles. The second-order valence-corrected chi connectivity index (χ2v) is 8.20. The lowest BCUT2D eigenvalue weighted by Crippen LogP contribution is -2.42. The summed E-state index contributed by atoms with van der Waals surface area (Å²) in [5.41, 5.74) is 4.71. The molecule has 4 aliphatic rings. The number of fused-ring (bicyclic) bond motifs is 4. The van der Waals surface area contributed by atoms with Crippen molar-refractivity contribution < 1.29 is 9.90 Å². The lowest BCUT2D eigenvalue weighted by atomic mass is 9.53. The summed E-state index contributed by atoms with van der Waals surface area (Å²) in [6.45, 7) is 4.87. The molecular weight excluding hydrogens is 272 g/mol. The van der Waals surface area contributed by atoms with Crippen LogP contribution in [0.2, 0.25) is 0 Å². The Balaban J connectivity index is 1.73. The summed E-state index contributed by atoms with van der Waals surface area (Å²) in [6, 6.07) is 0. The molecule has 0 heterocycles. The van der Waals surface area contributed by atoms with Crippen molar-refractivity contribution in [1.82, 2.24) is 0 Å². The number of hydrogen-bond donors (Lipinski definition) is 1. The molecule has 22 heavy (non-hydrogen) atoms. The number of aliphatic hydroxyl groups excluding tert-OH is 1. The van der Waals surface area contributed by atoms with Crippen LogP contribution in [0.25, 0.3) is 0 Å². The Hall–Kier alpha value is -1.15. The van der Waals surface area contributed by atoms with E-state index in [1.165, 1.54) is 24.8 Å². The topological polar surface area (TPSA) is 37.3 Å². The van der Waals surface area contributed by atoms with Crippen LogP contribution in [0.1, 0.15) is 52.4 Å². The van der Waals surface area contributed by atoms with Gasteiger partial charge in [0.1, 0.15) is 0 Å². The van der Waals surface area contributed by atoms with Crippen LogP contribution >= 0.6 is 0 Å². The quantitative estimate of drug-likeness (QED) is 0.744. The van der Waals surface area contributed by atoms with E-state index in [0.717, 1.165) is 19.3 Å². The predicted molar refractivity (Wildman–Crippen MR) is 87.2 cm³/mol. The van der Waals surface area contributed by atoms with Crippen molar-refractivity contribution in [2.45, 2.75) is 52.4 Å². The third kappa shape index (κ3) is 1.79. The third-order valence-corrected chi connectivity index (χ3v) is 7.15. The van der Waals surface area contributed by atoms with E-state index < -0.39 is 0 Å². The number of allylic oxidation sites excluding steroid dienone is 5. The van der Waals surface area contributed by atoms with Crippen LogP contribution in [-0.4, -0.2) is 17.5 Å². The molecule has 1 fully saturated rings. The Labute approximate surface area is 133 Å². The van der Waals surface area contributed by atoms with Crippen molar-refractivity contribution >= 4 is 5.78 Å². The van der Waals surface area contributed by atoms with Gasteiger partial charge in [-0.25, -0.2) is 0 Å². The summed E-state index contributed by atoms with van der Waals surface area (Å²) in [5, 5.41) is 9.84. The number of rotatable bonds is 1. The second-order valence-electron chi connectivity index (χ2n) is 8.20. The first-order chi connectivity index (χ1) is 10.5. The normalized spacial score (nSPS) is 43.6. The summed E-state index contributed by atoms with van der Waals surface area (Å²) < 4.78 is 0. The molecule has 0 radical (unpaired) electrons. The van der Waals surface area contributed by atoms with Crippen molar-refractivity contribution in [2.24, 2.45) is 22.7 Å². The van der Waals surface area contributed by atoms with E-state index >= 15 is 0 Å². The van der Waals surface area contributed by atoms with Gasteiger partial charge < -0.3 is 5.11 Å². The van der Waals surface area contributed by atoms with E-state index in [4.69, 9.17) is 0 Å². The van der Waals surface area contributed by atoms with Gasteiger partial charge >= 0.3 is 0 Å². The molecule has 1 saturated carbocycles. The first-order valence-electron chi connectivity index (χ1n) is 8.75. The standard InChI is InChI=1S/C20H26O2/c1-19(12-21)9-8-16-15-4-3-13-11-14(22)7-10-20(13,2)18(15)6-5-17(16)19/h7,10-11,15,18,21H,3-6,8-9,12H2,1-2H3/t15-,18-,19?,20-/m0/s1. The fraction of sp³-hybridized carbons (Fsp3) is 0.650. The molecule has 4 rings (SSSR count). The van der Waals surface area contributed by atoms with E-state index in [-0.39, 0.29) is 16.6 Å². The van der Waals surface area contributed by atoms with Crippen LogP contribution < -0.4 is 0 Å². The summed E-state index contributed by atoms with van der Waals surface area (Å²) in [7, 11) is 0. The number of hydrogen-bond acceptors (Lipinski definition) is 2. The first kappa shape index (κ1) is 14.4. The maximum absolute atomic E-state index is 11.7. The highest BCUT2D eigenvalue weighted by Gasteiger charge is 2.51. The molecule has 0 aromatic rings. The van der Waals surface area contributed by atoms with Gasteiger partial charge in [-0.1, -0.05) is 36.6 Å². The number of ketones is 1. The Bertz CT molecular complexity index is 624. The van der Waals surface area contributed by atoms with Gasteiger partial charge in [0, 0.05) is 10.8 Å². The molecule has 4 atom stereocenters. The van der Waals surface area contributed by atoms with Crippen LogP contribution in [0, 0.1) is 22.7 Å². The number of aliphatic hydroxyl groups is 1. The molecule has 1 N–H and O–H groups in total. The van der Waals surface area contributed by atoms with Gasteiger partial charge in [0.05, 0.1) is 6.61 Å². The van der Waals surface area contributed by atoms with Crippen LogP contribution in [-0.2, 0) is 4.79 Å². The summed E-state index contributed by atoms with van der Waals surface area (Å²) in [4.78, 5) is 11.7.